The number of amides is 1. The Morgan fingerprint density at radius 2 is 1.93 bits per heavy atom. The number of thiazole rings is 1. The fraction of sp³-hybridized carbons (Fsp3) is 0.333. The Kier molecular flexibility index (Phi) is 7.18. The molecule has 0 fully saturated rings. The fourth-order valence-electron chi connectivity index (χ4n) is 3.31. The second kappa shape index (κ2) is 9.81. The van der Waals surface area contributed by atoms with Gasteiger partial charge in [0.15, 0.2) is 0 Å². The number of nitrogens with one attached hydrogen (secondary N) is 1. The maximum atomic E-state index is 12.5. The van der Waals surface area contributed by atoms with Crippen molar-refractivity contribution in [2.24, 2.45) is 0 Å². The van der Waals surface area contributed by atoms with E-state index in [-0.39, 0.29) is 11.9 Å². The molecule has 0 aliphatic rings. The van der Waals surface area contributed by atoms with Gasteiger partial charge in [0.05, 0.1) is 18.2 Å². The lowest BCUT2D eigenvalue weighted by Crippen LogP contribution is -2.35. The first-order valence-electron chi connectivity index (χ1n) is 9.99. The monoisotopic (exact) mass is 407 g/mol. The molecule has 1 amide bonds. The summed E-state index contributed by atoms with van der Waals surface area (Å²) < 4.78 is 0. The Balaban J connectivity index is 1.59. The third-order valence-corrected chi connectivity index (χ3v) is 5.99. The van der Waals surface area contributed by atoms with Crippen LogP contribution in [0.1, 0.15) is 35.3 Å². The van der Waals surface area contributed by atoms with Crippen LogP contribution in [-0.4, -0.2) is 36.4 Å². The number of carbonyl (C=O) groups is 1. The van der Waals surface area contributed by atoms with Gasteiger partial charge in [-0.15, -0.1) is 11.3 Å². The highest BCUT2D eigenvalue weighted by atomic mass is 32.1. The molecule has 1 heterocycles. The van der Waals surface area contributed by atoms with Gasteiger partial charge in [0.2, 0.25) is 5.91 Å². The van der Waals surface area contributed by atoms with E-state index in [0.29, 0.717) is 13.0 Å². The molecule has 3 aromatic rings. The van der Waals surface area contributed by atoms with Crippen molar-refractivity contribution >= 4 is 17.2 Å². The lowest BCUT2D eigenvalue weighted by Gasteiger charge is -2.25. The van der Waals surface area contributed by atoms with Gasteiger partial charge in [0.25, 0.3) is 0 Å². The van der Waals surface area contributed by atoms with E-state index in [0.717, 1.165) is 22.7 Å². The van der Waals surface area contributed by atoms with E-state index in [4.69, 9.17) is 0 Å². The molecular formula is C24H29N3OS. The second-order valence-electron chi connectivity index (χ2n) is 7.57. The van der Waals surface area contributed by atoms with Crippen LogP contribution in [0.4, 0.5) is 0 Å². The van der Waals surface area contributed by atoms with Gasteiger partial charge in [-0.05, 0) is 44.6 Å². The largest absolute Gasteiger partial charge is 0.354 e. The summed E-state index contributed by atoms with van der Waals surface area (Å²) in [6.45, 7) is 4.80. The summed E-state index contributed by atoms with van der Waals surface area (Å²) in [7, 11) is 4.08. The third-order valence-electron chi connectivity index (χ3n) is 5.05. The number of nitrogens with zero attached hydrogens (tertiary/aromatic N) is 2. The lowest BCUT2D eigenvalue weighted by atomic mass is 10.0. The third kappa shape index (κ3) is 5.75. The highest BCUT2D eigenvalue weighted by Gasteiger charge is 2.16. The molecule has 2 aromatic carbocycles. The number of aryl methyl sites for hydroxylation is 2. The molecule has 152 valence electrons. The van der Waals surface area contributed by atoms with Crippen LogP contribution in [0.25, 0.3) is 10.6 Å². The summed E-state index contributed by atoms with van der Waals surface area (Å²) in [4.78, 5) is 19.3. The van der Waals surface area contributed by atoms with Gasteiger partial charge in [-0.3, -0.25) is 4.79 Å². The minimum atomic E-state index is 0.00289. The zero-order valence-electron chi connectivity index (χ0n) is 17.6. The second-order valence-corrected chi connectivity index (χ2v) is 8.43. The quantitative estimate of drug-likeness (QED) is 0.591. The van der Waals surface area contributed by atoms with Crippen LogP contribution in [0.3, 0.4) is 0 Å². The van der Waals surface area contributed by atoms with Crippen LogP contribution in [0.2, 0.25) is 0 Å². The zero-order chi connectivity index (χ0) is 20.8. The number of rotatable bonds is 8. The summed E-state index contributed by atoms with van der Waals surface area (Å²) >= 11 is 1.58. The number of benzene rings is 2. The maximum absolute atomic E-state index is 12.5. The number of likely N-dealkylation sites (N-methyl/N-ethyl adjacent to an activating group) is 1. The highest BCUT2D eigenvalue weighted by molar-refractivity contribution is 7.13. The van der Waals surface area contributed by atoms with Gasteiger partial charge in [-0.25, -0.2) is 4.98 Å². The van der Waals surface area contributed by atoms with Crippen molar-refractivity contribution in [2.75, 3.05) is 20.6 Å². The first-order valence-corrected chi connectivity index (χ1v) is 10.9. The van der Waals surface area contributed by atoms with Crippen molar-refractivity contribution in [3.63, 3.8) is 0 Å². The summed E-state index contributed by atoms with van der Waals surface area (Å²) in [5.41, 5.74) is 5.66. The molecule has 1 N–H and O–H groups in total. The van der Waals surface area contributed by atoms with E-state index in [1.54, 1.807) is 11.3 Å². The summed E-state index contributed by atoms with van der Waals surface area (Å²) in [6.07, 6.45) is 1.33. The van der Waals surface area contributed by atoms with Gasteiger partial charge in [0, 0.05) is 17.5 Å². The molecule has 4 nitrogen and oxygen atoms in total. The fourth-order valence-corrected chi connectivity index (χ4v) is 4.13. The van der Waals surface area contributed by atoms with Crippen molar-refractivity contribution in [3.05, 3.63) is 76.3 Å². The molecule has 0 aliphatic carbocycles. The van der Waals surface area contributed by atoms with Crippen molar-refractivity contribution < 1.29 is 4.79 Å². The first-order chi connectivity index (χ1) is 14.0. The molecule has 29 heavy (non-hydrogen) atoms. The Morgan fingerprint density at radius 1 is 1.17 bits per heavy atom. The Morgan fingerprint density at radius 3 is 2.59 bits per heavy atom. The topological polar surface area (TPSA) is 45.2 Å². The molecule has 0 spiro atoms. The standard InChI is InChI=1S/C24H29N3OS/c1-5-18-9-11-19(12-10-18)22(27(3)4)15-25-23(28)14-21-16-29-24(26-21)20-8-6-7-17(2)13-20/h6-13,16,22H,5,14-15H2,1-4H3,(H,25,28). The molecule has 1 atom stereocenters. The van der Waals surface area contributed by atoms with Crippen LogP contribution in [-0.2, 0) is 17.6 Å². The van der Waals surface area contributed by atoms with Crippen LogP contribution in [0.15, 0.2) is 53.9 Å². The summed E-state index contributed by atoms with van der Waals surface area (Å²) in [5.74, 6) is 0.00289. The number of carbonyl (C=O) groups excluding carboxylic acids is 1. The van der Waals surface area contributed by atoms with Crippen LogP contribution in [0, 0.1) is 6.92 Å². The highest BCUT2D eigenvalue weighted by Crippen LogP contribution is 2.24. The van der Waals surface area contributed by atoms with Gasteiger partial charge in [0.1, 0.15) is 5.01 Å². The van der Waals surface area contributed by atoms with Crippen molar-refractivity contribution in [1.29, 1.82) is 0 Å². The number of hydrogen-bond acceptors (Lipinski definition) is 4. The van der Waals surface area contributed by atoms with Crippen molar-refractivity contribution in [2.45, 2.75) is 32.7 Å². The van der Waals surface area contributed by atoms with Crippen molar-refractivity contribution in [3.8, 4) is 10.6 Å². The SMILES string of the molecule is CCc1ccc(C(CNC(=O)Cc2csc(-c3cccc(C)c3)n2)N(C)C)cc1. The van der Waals surface area contributed by atoms with E-state index < -0.39 is 0 Å². The average Bonchev–Trinajstić information content (AvgIpc) is 3.17. The molecule has 0 aliphatic heterocycles. The molecule has 0 bridgehead atoms. The van der Waals surface area contributed by atoms with E-state index >= 15 is 0 Å². The first kappa shape index (κ1) is 21.2. The average molecular weight is 408 g/mol. The minimum Gasteiger partial charge on any atom is -0.354 e. The van der Waals surface area contributed by atoms with E-state index in [9.17, 15) is 4.79 Å². The zero-order valence-corrected chi connectivity index (χ0v) is 18.4. The normalized spacial score (nSPS) is 12.2. The molecule has 0 saturated carbocycles. The molecule has 1 aromatic heterocycles. The molecule has 1 unspecified atom stereocenters. The minimum absolute atomic E-state index is 0.00289. The van der Waals surface area contributed by atoms with Gasteiger partial charge >= 0.3 is 0 Å². The predicted octanol–water partition coefficient (Wildman–Crippen LogP) is 4.64. The van der Waals surface area contributed by atoms with E-state index in [1.165, 1.54) is 16.7 Å². The molecular weight excluding hydrogens is 378 g/mol. The molecule has 3 rings (SSSR count). The van der Waals surface area contributed by atoms with E-state index in [1.807, 2.05) is 25.5 Å². The van der Waals surface area contributed by atoms with Gasteiger partial charge in [-0.1, -0.05) is 55.0 Å². The molecule has 0 radical (unpaired) electrons. The summed E-state index contributed by atoms with van der Waals surface area (Å²) in [5, 5.41) is 6.02. The summed E-state index contributed by atoms with van der Waals surface area (Å²) in [6, 6.07) is 17.1. The van der Waals surface area contributed by atoms with Crippen LogP contribution < -0.4 is 5.32 Å². The van der Waals surface area contributed by atoms with Gasteiger partial charge < -0.3 is 10.2 Å². The maximum Gasteiger partial charge on any atom is 0.226 e. The van der Waals surface area contributed by atoms with Crippen molar-refractivity contribution in [1.82, 2.24) is 15.2 Å². The number of aromatic nitrogens is 1. The van der Waals surface area contributed by atoms with Gasteiger partial charge in [-0.2, -0.15) is 0 Å². The smallest absolute Gasteiger partial charge is 0.226 e. The van der Waals surface area contributed by atoms with Crippen LogP contribution in [0.5, 0.6) is 0 Å². The lowest BCUT2D eigenvalue weighted by molar-refractivity contribution is -0.120. The Bertz CT molecular complexity index is 947. The predicted molar refractivity (Wildman–Crippen MR) is 121 cm³/mol. The molecule has 0 saturated heterocycles. The Hall–Kier alpha value is -2.50. The van der Waals surface area contributed by atoms with Crippen LogP contribution >= 0.6 is 11.3 Å². The number of hydrogen-bond donors (Lipinski definition) is 1. The Labute approximate surface area is 177 Å². The van der Waals surface area contributed by atoms with E-state index in [2.05, 4.69) is 71.5 Å². The molecule has 5 heteroatoms.